The molecule has 0 saturated carbocycles. The van der Waals surface area contributed by atoms with Crippen molar-refractivity contribution in [2.24, 2.45) is 0 Å². The SMILES string of the molecule is Cc1ccccc1C(=O)N1CCC(N(C)S(C)(=O)=O)CC1. The van der Waals surface area contributed by atoms with E-state index < -0.39 is 10.0 Å². The number of amides is 1. The van der Waals surface area contributed by atoms with E-state index in [0.29, 0.717) is 25.9 Å². The van der Waals surface area contributed by atoms with Crippen LogP contribution >= 0.6 is 0 Å². The summed E-state index contributed by atoms with van der Waals surface area (Å²) in [6, 6.07) is 7.54. The van der Waals surface area contributed by atoms with E-state index in [9.17, 15) is 13.2 Å². The van der Waals surface area contributed by atoms with Crippen molar-refractivity contribution in [3.05, 3.63) is 35.4 Å². The highest BCUT2D eigenvalue weighted by Crippen LogP contribution is 2.20. The highest BCUT2D eigenvalue weighted by Gasteiger charge is 2.29. The molecule has 1 amide bonds. The van der Waals surface area contributed by atoms with Crippen molar-refractivity contribution in [3.8, 4) is 0 Å². The summed E-state index contributed by atoms with van der Waals surface area (Å²) in [5.41, 5.74) is 1.70. The van der Waals surface area contributed by atoms with Gasteiger partial charge in [-0.25, -0.2) is 12.7 Å². The van der Waals surface area contributed by atoms with Gasteiger partial charge in [0.1, 0.15) is 0 Å². The highest BCUT2D eigenvalue weighted by molar-refractivity contribution is 7.88. The van der Waals surface area contributed by atoms with Gasteiger partial charge in [-0.05, 0) is 31.4 Å². The van der Waals surface area contributed by atoms with Crippen molar-refractivity contribution >= 4 is 15.9 Å². The molecular formula is C15H22N2O3S. The summed E-state index contributed by atoms with van der Waals surface area (Å²) in [5, 5.41) is 0. The topological polar surface area (TPSA) is 57.7 Å². The molecule has 116 valence electrons. The number of aryl methyl sites for hydroxylation is 1. The van der Waals surface area contributed by atoms with Gasteiger partial charge in [0.05, 0.1) is 6.26 Å². The van der Waals surface area contributed by atoms with Gasteiger partial charge in [0.2, 0.25) is 10.0 Å². The number of piperidine rings is 1. The van der Waals surface area contributed by atoms with Crippen LogP contribution in [0, 0.1) is 6.92 Å². The number of nitrogens with zero attached hydrogens (tertiary/aromatic N) is 2. The Morgan fingerprint density at radius 3 is 2.33 bits per heavy atom. The summed E-state index contributed by atoms with van der Waals surface area (Å²) in [6.07, 6.45) is 2.58. The Balaban J connectivity index is 2.02. The Bertz CT molecular complexity index is 620. The van der Waals surface area contributed by atoms with Crippen molar-refractivity contribution < 1.29 is 13.2 Å². The van der Waals surface area contributed by atoms with Crippen LogP contribution in [-0.4, -0.2) is 56.0 Å². The normalized spacial score (nSPS) is 17.2. The second-order valence-corrected chi connectivity index (χ2v) is 7.66. The van der Waals surface area contributed by atoms with Crippen molar-refractivity contribution in [2.75, 3.05) is 26.4 Å². The molecule has 21 heavy (non-hydrogen) atoms. The van der Waals surface area contributed by atoms with Gasteiger partial charge in [-0.2, -0.15) is 0 Å². The van der Waals surface area contributed by atoms with E-state index in [1.807, 2.05) is 36.1 Å². The second-order valence-electron chi connectivity index (χ2n) is 5.62. The maximum atomic E-state index is 12.5. The Hall–Kier alpha value is -1.40. The number of benzene rings is 1. The Morgan fingerprint density at radius 2 is 1.81 bits per heavy atom. The first-order valence-electron chi connectivity index (χ1n) is 7.08. The lowest BCUT2D eigenvalue weighted by atomic mass is 10.0. The lowest BCUT2D eigenvalue weighted by Crippen LogP contribution is -2.47. The Kier molecular flexibility index (Phi) is 4.68. The zero-order valence-electron chi connectivity index (χ0n) is 12.7. The van der Waals surface area contributed by atoms with E-state index in [0.717, 1.165) is 11.1 Å². The van der Waals surface area contributed by atoms with Gasteiger partial charge < -0.3 is 4.90 Å². The molecule has 0 aromatic heterocycles. The summed E-state index contributed by atoms with van der Waals surface area (Å²) >= 11 is 0. The van der Waals surface area contributed by atoms with Gasteiger partial charge in [0, 0.05) is 31.7 Å². The predicted octanol–water partition coefficient (Wildman–Crippen LogP) is 1.49. The molecule has 1 aromatic carbocycles. The molecule has 1 aliphatic rings. The first-order chi connectivity index (χ1) is 9.80. The molecule has 5 nitrogen and oxygen atoms in total. The number of sulfonamides is 1. The van der Waals surface area contributed by atoms with E-state index in [-0.39, 0.29) is 11.9 Å². The first-order valence-corrected chi connectivity index (χ1v) is 8.93. The summed E-state index contributed by atoms with van der Waals surface area (Å²) in [5.74, 6) is 0.0357. The van der Waals surface area contributed by atoms with Gasteiger partial charge in [-0.15, -0.1) is 0 Å². The summed E-state index contributed by atoms with van der Waals surface area (Å²) in [4.78, 5) is 14.3. The maximum Gasteiger partial charge on any atom is 0.254 e. The zero-order chi connectivity index (χ0) is 15.6. The molecule has 0 unspecified atom stereocenters. The molecule has 1 aromatic rings. The molecule has 1 saturated heterocycles. The van der Waals surface area contributed by atoms with Crippen LogP contribution in [0.1, 0.15) is 28.8 Å². The number of likely N-dealkylation sites (tertiary alicyclic amines) is 1. The molecule has 0 atom stereocenters. The van der Waals surface area contributed by atoms with E-state index >= 15 is 0 Å². The molecule has 1 aliphatic heterocycles. The van der Waals surface area contributed by atoms with Gasteiger partial charge >= 0.3 is 0 Å². The van der Waals surface area contributed by atoms with E-state index in [1.54, 1.807) is 7.05 Å². The minimum Gasteiger partial charge on any atom is -0.339 e. The van der Waals surface area contributed by atoms with Crippen LogP contribution in [0.15, 0.2) is 24.3 Å². The maximum absolute atomic E-state index is 12.5. The third-order valence-electron chi connectivity index (χ3n) is 4.16. The quantitative estimate of drug-likeness (QED) is 0.850. The molecule has 2 rings (SSSR count). The molecule has 0 aliphatic carbocycles. The largest absolute Gasteiger partial charge is 0.339 e. The van der Waals surface area contributed by atoms with Crippen molar-refractivity contribution in [2.45, 2.75) is 25.8 Å². The molecular weight excluding hydrogens is 288 g/mol. The summed E-state index contributed by atoms with van der Waals surface area (Å²) < 4.78 is 24.5. The number of hydrogen-bond acceptors (Lipinski definition) is 3. The van der Waals surface area contributed by atoms with Crippen LogP contribution in [0.25, 0.3) is 0 Å². The van der Waals surface area contributed by atoms with Crippen LogP contribution in [0.2, 0.25) is 0 Å². The minimum atomic E-state index is -3.17. The third kappa shape index (κ3) is 3.63. The Morgan fingerprint density at radius 1 is 1.24 bits per heavy atom. The molecule has 0 N–H and O–H groups in total. The molecule has 6 heteroatoms. The predicted molar refractivity (Wildman–Crippen MR) is 82.7 cm³/mol. The molecule has 1 heterocycles. The fraction of sp³-hybridized carbons (Fsp3) is 0.533. The standard InChI is InChI=1S/C15H22N2O3S/c1-12-6-4-5-7-14(12)15(18)17-10-8-13(9-11-17)16(2)21(3,19)20/h4-7,13H,8-11H2,1-3H3. The molecule has 1 fully saturated rings. The number of hydrogen-bond donors (Lipinski definition) is 0. The average Bonchev–Trinajstić information content (AvgIpc) is 2.45. The van der Waals surface area contributed by atoms with Crippen LogP contribution in [0.4, 0.5) is 0 Å². The Labute approximate surface area is 126 Å². The lowest BCUT2D eigenvalue weighted by molar-refractivity contribution is 0.0685. The highest BCUT2D eigenvalue weighted by atomic mass is 32.2. The number of carbonyl (C=O) groups is 1. The molecule has 0 bridgehead atoms. The van der Waals surface area contributed by atoms with Crippen LogP contribution in [0.3, 0.4) is 0 Å². The van der Waals surface area contributed by atoms with Crippen molar-refractivity contribution in [1.82, 2.24) is 9.21 Å². The van der Waals surface area contributed by atoms with Crippen molar-refractivity contribution in [1.29, 1.82) is 0 Å². The van der Waals surface area contributed by atoms with Crippen molar-refractivity contribution in [3.63, 3.8) is 0 Å². The zero-order valence-corrected chi connectivity index (χ0v) is 13.6. The fourth-order valence-corrected chi connectivity index (χ4v) is 3.44. The van der Waals surface area contributed by atoms with Crippen LogP contribution in [-0.2, 0) is 10.0 Å². The van der Waals surface area contributed by atoms with Crippen LogP contribution in [0.5, 0.6) is 0 Å². The number of carbonyl (C=O) groups excluding carboxylic acids is 1. The fourth-order valence-electron chi connectivity index (χ4n) is 2.69. The van der Waals surface area contributed by atoms with E-state index in [1.165, 1.54) is 10.6 Å². The monoisotopic (exact) mass is 310 g/mol. The van der Waals surface area contributed by atoms with Gasteiger partial charge in [-0.1, -0.05) is 18.2 Å². The van der Waals surface area contributed by atoms with Gasteiger partial charge in [0.25, 0.3) is 5.91 Å². The molecule has 0 spiro atoms. The van der Waals surface area contributed by atoms with E-state index in [2.05, 4.69) is 0 Å². The second kappa shape index (κ2) is 6.15. The van der Waals surface area contributed by atoms with E-state index in [4.69, 9.17) is 0 Å². The summed E-state index contributed by atoms with van der Waals surface area (Å²) in [7, 11) is -1.56. The average molecular weight is 310 g/mol. The van der Waals surface area contributed by atoms with Crippen LogP contribution < -0.4 is 0 Å². The lowest BCUT2D eigenvalue weighted by Gasteiger charge is -2.35. The first kappa shape index (κ1) is 16.0. The third-order valence-corrected chi connectivity index (χ3v) is 5.51. The minimum absolute atomic E-state index is 0.0130. The van der Waals surface area contributed by atoms with Gasteiger partial charge in [0.15, 0.2) is 0 Å². The van der Waals surface area contributed by atoms with Gasteiger partial charge in [-0.3, -0.25) is 4.79 Å². The molecule has 0 radical (unpaired) electrons. The number of rotatable bonds is 3. The smallest absolute Gasteiger partial charge is 0.254 e. The summed E-state index contributed by atoms with van der Waals surface area (Å²) in [6.45, 7) is 3.12.